The van der Waals surface area contributed by atoms with Crippen LogP contribution in [0, 0.1) is 6.92 Å². The molecule has 0 fully saturated rings. The predicted octanol–water partition coefficient (Wildman–Crippen LogP) is 3.74. The van der Waals surface area contributed by atoms with E-state index in [4.69, 9.17) is 5.73 Å². The number of nitrogens with two attached hydrogens (primary N) is 1. The van der Waals surface area contributed by atoms with Crippen molar-refractivity contribution in [2.45, 2.75) is 14.4 Å². The van der Waals surface area contributed by atoms with Crippen LogP contribution in [0.2, 0.25) is 0 Å². The fraction of sp³-hybridized carbons (Fsp3) is 0.250. The fourth-order valence-corrected chi connectivity index (χ4v) is 2.13. The molecule has 0 amide bonds. The molecule has 11 heavy (non-hydrogen) atoms. The molecule has 1 nitrogen and oxygen atoms in total. The lowest BCUT2D eigenvalue weighted by atomic mass is 10.2. The summed E-state index contributed by atoms with van der Waals surface area (Å²) < 4.78 is 1.89. The molecular weight excluding hydrogens is 270 g/mol. The van der Waals surface area contributed by atoms with Crippen molar-refractivity contribution in [3.63, 3.8) is 0 Å². The summed E-state index contributed by atoms with van der Waals surface area (Å²) in [5, 5.41) is 0. The van der Waals surface area contributed by atoms with Crippen LogP contribution >= 0.6 is 31.9 Å². The molecule has 0 aliphatic carbocycles. The van der Waals surface area contributed by atoms with Gasteiger partial charge in [0.15, 0.2) is 0 Å². The lowest BCUT2D eigenvalue weighted by molar-refractivity contribution is 1.43. The van der Waals surface area contributed by atoms with E-state index in [2.05, 4.69) is 31.9 Å². The standard InChI is InChI=1S/C7H7Br2N.CH4/c1-4-2-5(8)7(10)6(9)3-4;/h2-3H,10H2,1H3;1H4. The van der Waals surface area contributed by atoms with E-state index in [-0.39, 0.29) is 7.43 Å². The largest absolute Gasteiger partial charge is 0.397 e. The summed E-state index contributed by atoms with van der Waals surface area (Å²) in [4.78, 5) is 0. The zero-order chi connectivity index (χ0) is 7.72. The Balaban J connectivity index is 0.000001000. The van der Waals surface area contributed by atoms with E-state index in [9.17, 15) is 0 Å². The van der Waals surface area contributed by atoms with Crippen molar-refractivity contribution in [2.75, 3.05) is 5.73 Å². The fourth-order valence-electron chi connectivity index (χ4n) is 0.711. The van der Waals surface area contributed by atoms with E-state index < -0.39 is 0 Å². The second-order valence-electron chi connectivity index (χ2n) is 2.14. The number of halogens is 2. The van der Waals surface area contributed by atoms with Crippen molar-refractivity contribution < 1.29 is 0 Å². The molecule has 0 spiro atoms. The average Bonchev–Trinajstić information content (AvgIpc) is 1.82. The lowest BCUT2D eigenvalue weighted by Gasteiger charge is -2.01. The Labute approximate surface area is 84.2 Å². The topological polar surface area (TPSA) is 26.0 Å². The Bertz CT molecular complexity index is 235. The van der Waals surface area contributed by atoms with Gasteiger partial charge in [0.05, 0.1) is 5.69 Å². The third-order valence-corrected chi connectivity index (χ3v) is 2.54. The van der Waals surface area contributed by atoms with Crippen LogP contribution in [0.4, 0.5) is 5.69 Å². The summed E-state index contributed by atoms with van der Waals surface area (Å²) in [5.41, 5.74) is 7.60. The molecule has 0 aromatic heterocycles. The first-order valence-electron chi connectivity index (χ1n) is 2.82. The van der Waals surface area contributed by atoms with E-state index in [0.717, 1.165) is 14.6 Å². The minimum absolute atomic E-state index is 0. The van der Waals surface area contributed by atoms with Crippen LogP contribution in [0.1, 0.15) is 13.0 Å². The molecule has 62 valence electrons. The summed E-state index contributed by atoms with van der Waals surface area (Å²) in [6.07, 6.45) is 0. The minimum Gasteiger partial charge on any atom is -0.397 e. The summed E-state index contributed by atoms with van der Waals surface area (Å²) in [6, 6.07) is 3.97. The van der Waals surface area contributed by atoms with Crippen molar-refractivity contribution in [2.24, 2.45) is 0 Å². The number of rotatable bonds is 0. The van der Waals surface area contributed by atoms with Crippen molar-refractivity contribution in [1.29, 1.82) is 0 Å². The van der Waals surface area contributed by atoms with Crippen LogP contribution < -0.4 is 5.73 Å². The van der Waals surface area contributed by atoms with E-state index >= 15 is 0 Å². The monoisotopic (exact) mass is 279 g/mol. The maximum Gasteiger partial charge on any atom is 0.0603 e. The highest BCUT2D eigenvalue weighted by Gasteiger charge is 1.99. The van der Waals surface area contributed by atoms with Crippen LogP contribution in [0.5, 0.6) is 0 Å². The molecule has 0 radical (unpaired) electrons. The van der Waals surface area contributed by atoms with Crippen LogP contribution in [0.3, 0.4) is 0 Å². The average molecular weight is 281 g/mol. The minimum atomic E-state index is 0. The highest BCUT2D eigenvalue weighted by atomic mass is 79.9. The van der Waals surface area contributed by atoms with Crippen molar-refractivity contribution in [3.05, 3.63) is 26.6 Å². The van der Waals surface area contributed by atoms with E-state index in [1.54, 1.807) is 0 Å². The zero-order valence-corrected chi connectivity index (χ0v) is 8.66. The molecule has 1 aromatic rings. The molecule has 0 saturated heterocycles. The molecule has 1 aromatic carbocycles. The van der Waals surface area contributed by atoms with Gasteiger partial charge in [-0.15, -0.1) is 0 Å². The third kappa shape index (κ3) is 2.49. The van der Waals surface area contributed by atoms with Gasteiger partial charge in [-0.05, 0) is 56.5 Å². The second kappa shape index (κ2) is 4.12. The Hall–Kier alpha value is -0.0200. The van der Waals surface area contributed by atoms with Gasteiger partial charge in [0.1, 0.15) is 0 Å². The third-order valence-electron chi connectivity index (χ3n) is 1.22. The van der Waals surface area contributed by atoms with Gasteiger partial charge in [-0.2, -0.15) is 0 Å². The molecular formula is C8H11Br2N. The predicted molar refractivity (Wildman–Crippen MR) is 57.7 cm³/mol. The van der Waals surface area contributed by atoms with Crippen molar-refractivity contribution in [3.8, 4) is 0 Å². The van der Waals surface area contributed by atoms with Crippen molar-refractivity contribution >= 4 is 37.5 Å². The summed E-state index contributed by atoms with van der Waals surface area (Å²) in [7, 11) is 0. The molecule has 1 rings (SSSR count). The van der Waals surface area contributed by atoms with Gasteiger partial charge in [-0.1, -0.05) is 7.43 Å². The maximum absolute atomic E-state index is 5.66. The van der Waals surface area contributed by atoms with Gasteiger partial charge in [0, 0.05) is 8.95 Å². The van der Waals surface area contributed by atoms with Gasteiger partial charge < -0.3 is 5.73 Å². The SMILES string of the molecule is C.Cc1cc(Br)c(N)c(Br)c1. The maximum atomic E-state index is 5.66. The lowest BCUT2D eigenvalue weighted by Crippen LogP contribution is -1.88. The molecule has 0 aliphatic heterocycles. The second-order valence-corrected chi connectivity index (χ2v) is 3.85. The highest BCUT2D eigenvalue weighted by molar-refractivity contribution is 9.11. The first-order chi connectivity index (χ1) is 4.61. The number of nitrogen functional groups attached to an aromatic ring is 1. The molecule has 0 aliphatic rings. The number of hydrogen-bond donors (Lipinski definition) is 1. The quantitative estimate of drug-likeness (QED) is 0.720. The summed E-state index contributed by atoms with van der Waals surface area (Å²) in [5.74, 6) is 0. The van der Waals surface area contributed by atoms with Crippen LogP contribution in [-0.4, -0.2) is 0 Å². The van der Waals surface area contributed by atoms with Crippen molar-refractivity contribution in [1.82, 2.24) is 0 Å². The van der Waals surface area contributed by atoms with Gasteiger partial charge >= 0.3 is 0 Å². The van der Waals surface area contributed by atoms with E-state index in [0.29, 0.717) is 0 Å². The van der Waals surface area contributed by atoms with Gasteiger partial charge in [-0.25, -0.2) is 0 Å². The van der Waals surface area contributed by atoms with E-state index in [1.807, 2.05) is 19.1 Å². The summed E-state index contributed by atoms with van der Waals surface area (Å²) in [6.45, 7) is 2.02. The molecule has 2 N–H and O–H groups in total. The normalized spacial score (nSPS) is 9.00. The molecule has 0 saturated carbocycles. The number of hydrogen-bond acceptors (Lipinski definition) is 1. The molecule has 3 heteroatoms. The van der Waals surface area contributed by atoms with Crippen LogP contribution in [0.25, 0.3) is 0 Å². The molecule has 0 bridgehead atoms. The Morgan fingerprint density at radius 1 is 1.18 bits per heavy atom. The summed E-state index contributed by atoms with van der Waals surface area (Å²) >= 11 is 6.68. The van der Waals surface area contributed by atoms with Crippen LogP contribution in [-0.2, 0) is 0 Å². The number of benzene rings is 1. The van der Waals surface area contributed by atoms with E-state index in [1.165, 1.54) is 5.56 Å². The molecule has 0 unspecified atom stereocenters. The first kappa shape index (κ1) is 11.0. The smallest absolute Gasteiger partial charge is 0.0603 e. The van der Waals surface area contributed by atoms with Gasteiger partial charge in [-0.3, -0.25) is 0 Å². The van der Waals surface area contributed by atoms with Gasteiger partial charge in [0.2, 0.25) is 0 Å². The molecule has 0 atom stereocenters. The molecule has 0 heterocycles. The van der Waals surface area contributed by atoms with Gasteiger partial charge in [0.25, 0.3) is 0 Å². The number of anilines is 1. The Morgan fingerprint density at radius 2 is 1.55 bits per heavy atom. The van der Waals surface area contributed by atoms with Crippen LogP contribution in [0.15, 0.2) is 21.1 Å². The zero-order valence-electron chi connectivity index (χ0n) is 5.49. The first-order valence-corrected chi connectivity index (χ1v) is 4.41. The number of aryl methyl sites for hydroxylation is 1. The Kier molecular flexibility index (Phi) is 4.11. The Morgan fingerprint density at radius 3 is 1.91 bits per heavy atom. The highest BCUT2D eigenvalue weighted by Crippen LogP contribution is 2.28.